The first-order chi connectivity index (χ1) is 10.2. The molecule has 1 heterocycles. The van der Waals surface area contributed by atoms with Gasteiger partial charge in [0.1, 0.15) is 6.17 Å². The van der Waals surface area contributed by atoms with Crippen LogP contribution in [0.25, 0.3) is 10.9 Å². The second-order valence-electron chi connectivity index (χ2n) is 5.34. The molecule has 0 amide bonds. The Morgan fingerprint density at radius 3 is 2.48 bits per heavy atom. The minimum Gasteiger partial charge on any atom is -0.325 e. The predicted molar refractivity (Wildman–Crippen MR) is 89.3 cm³/mol. The Morgan fingerprint density at radius 2 is 1.76 bits per heavy atom. The number of benzene rings is 2. The molecule has 3 aromatic rings. The van der Waals surface area contributed by atoms with Crippen molar-refractivity contribution in [3.05, 3.63) is 84.1 Å². The van der Waals surface area contributed by atoms with Gasteiger partial charge >= 0.3 is 0 Å². The Morgan fingerprint density at radius 1 is 1.10 bits per heavy atom. The Balaban J connectivity index is 2.18. The molecule has 1 unspecified atom stereocenters. The average molecular weight is 276 g/mol. The lowest BCUT2D eigenvalue weighted by Gasteiger charge is -2.13. The number of para-hydroxylation sites is 1. The van der Waals surface area contributed by atoms with Gasteiger partial charge in [-0.2, -0.15) is 0 Å². The van der Waals surface area contributed by atoms with E-state index in [2.05, 4.69) is 66.6 Å². The van der Waals surface area contributed by atoms with Gasteiger partial charge in [0.2, 0.25) is 0 Å². The van der Waals surface area contributed by atoms with E-state index in [1.54, 1.807) is 6.08 Å². The number of hydrogen-bond acceptors (Lipinski definition) is 1. The third-order valence-electron chi connectivity index (χ3n) is 4.05. The van der Waals surface area contributed by atoms with Gasteiger partial charge in [-0.25, -0.2) is 0 Å². The van der Waals surface area contributed by atoms with Crippen LogP contribution in [-0.4, -0.2) is 4.57 Å². The molecular weight excluding hydrogens is 256 g/mol. The summed E-state index contributed by atoms with van der Waals surface area (Å²) >= 11 is 0. The summed E-state index contributed by atoms with van der Waals surface area (Å²) in [5, 5.41) is 1.27. The van der Waals surface area contributed by atoms with Crippen molar-refractivity contribution in [2.24, 2.45) is 5.73 Å². The normalized spacial score (nSPS) is 12.5. The predicted octanol–water partition coefficient (Wildman–Crippen LogP) is 4.18. The average Bonchev–Trinajstić information content (AvgIpc) is 2.80. The van der Waals surface area contributed by atoms with Crippen LogP contribution in [0.15, 0.2) is 67.3 Å². The molecule has 21 heavy (non-hydrogen) atoms. The van der Waals surface area contributed by atoms with Crippen molar-refractivity contribution in [1.29, 1.82) is 0 Å². The van der Waals surface area contributed by atoms with Crippen molar-refractivity contribution in [3.8, 4) is 0 Å². The fourth-order valence-corrected chi connectivity index (χ4v) is 2.97. The van der Waals surface area contributed by atoms with Crippen LogP contribution in [0.1, 0.15) is 23.0 Å². The van der Waals surface area contributed by atoms with Crippen molar-refractivity contribution in [3.63, 3.8) is 0 Å². The number of nitrogens with zero attached hydrogens (tertiary/aromatic N) is 1. The lowest BCUT2D eigenvalue weighted by molar-refractivity contribution is 0.637. The van der Waals surface area contributed by atoms with E-state index in [1.807, 2.05) is 6.07 Å². The van der Waals surface area contributed by atoms with E-state index < -0.39 is 0 Å². The molecule has 2 N–H and O–H groups in total. The molecule has 0 saturated heterocycles. The smallest absolute Gasteiger partial charge is 0.100 e. The lowest BCUT2D eigenvalue weighted by Crippen LogP contribution is -2.17. The zero-order chi connectivity index (χ0) is 14.8. The zero-order valence-electron chi connectivity index (χ0n) is 12.3. The van der Waals surface area contributed by atoms with Crippen LogP contribution < -0.4 is 5.73 Å². The van der Waals surface area contributed by atoms with E-state index in [-0.39, 0.29) is 6.17 Å². The van der Waals surface area contributed by atoms with Crippen LogP contribution in [0.2, 0.25) is 0 Å². The van der Waals surface area contributed by atoms with Crippen molar-refractivity contribution >= 4 is 10.9 Å². The van der Waals surface area contributed by atoms with Crippen molar-refractivity contribution in [2.75, 3.05) is 0 Å². The van der Waals surface area contributed by atoms with Gasteiger partial charge in [-0.1, -0.05) is 61.2 Å². The molecule has 2 nitrogen and oxygen atoms in total. The van der Waals surface area contributed by atoms with E-state index in [4.69, 9.17) is 5.73 Å². The Hall–Kier alpha value is -2.32. The Kier molecular flexibility index (Phi) is 3.63. The number of fused-ring (bicyclic) bond motifs is 1. The molecule has 0 aliphatic carbocycles. The molecule has 0 aliphatic rings. The highest BCUT2D eigenvalue weighted by Gasteiger charge is 2.16. The van der Waals surface area contributed by atoms with Crippen LogP contribution in [-0.2, 0) is 6.42 Å². The molecule has 0 radical (unpaired) electrons. The van der Waals surface area contributed by atoms with E-state index in [9.17, 15) is 0 Å². The van der Waals surface area contributed by atoms with E-state index in [0.717, 1.165) is 6.42 Å². The van der Waals surface area contributed by atoms with Crippen LogP contribution in [0.5, 0.6) is 0 Å². The first-order valence-corrected chi connectivity index (χ1v) is 7.23. The highest BCUT2D eigenvalue weighted by molar-refractivity contribution is 5.86. The van der Waals surface area contributed by atoms with Crippen LogP contribution >= 0.6 is 0 Å². The summed E-state index contributed by atoms with van der Waals surface area (Å²) in [5.41, 5.74) is 11.3. The van der Waals surface area contributed by atoms with Crippen LogP contribution in [0.4, 0.5) is 0 Å². The molecule has 0 fully saturated rings. The van der Waals surface area contributed by atoms with Gasteiger partial charge < -0.3 is 10.3 Å². The molecule has 0 aliphatic heterocycles. The standard InChI is InChI=1S/C19H20N2/c1-3-19(20)21-14(2)17(13-15-9-5-4-6-10-15)16-11-7-8-12-18(16)21/h3-12,19H,1,13,20H2,2H3. The molecule has 3 rings (SSSR count). The van der Waals surface area contributed by atoms with E-state index >= 15 is 0 Å². The number of nitrogens with two attached hydrogens (primary N) is 1. The highest BCUT2D eigenvalue weighted by atomic mass is 15.1. The van der Waals surface area contributed by atoms with Gasteiger partial charge in [-0.05, 0) is 30.5 Å². The second-order valence-corrected chi connectivity index (χ2v) is 5.34. The minimum atomic E-state index is -0.195. The number of hydrogen-bond donors (Lipinski definition) is 1. The summed E-state index contributed by atoms with van der Waals surface area (Å²) in [4.78, 5) is 0. The number of aromatic nitrogens is 1. The molecule has 1 atom stereocenters. The van der Waals surface area contributed by atoms with Crippen molar-refractivity contribution in [1.82, 2.24) is 4.57 Å². The van der Waals surface area contributed by atoms with E-state index in [1.165, 1.54) is 27.7 Å². The summed E-state index contributed by atoms with van der Waals surface area (Å²) in [6.07, 6.45) is 2.51. The Labute approximate surface area is 125 Å². The van der Waals surface area contributed by atoms with Gasteiger partial charge in [-0.3, -0.25) is 0 Å². The topological polar surface area (TPSA) is 30.9 Å². The maximum absolute atomic E-state index is 6.21. The quantitative estimate of drug-likeness (QED) is 0.712. The van der Waals surface area contributed by atoms with Crippen molar-refractivity contribution in [2.45, 2.75) is 19.5 Å². The molecule has 0 saturated carbocycles. The molecule has 2 aromatic carbocycles. The summed E-state index contributed by atoms with van der Waals surface area (Å²) in [7, 11) is 0. The Bertz CT molecular complexity index is 769. The third-order valence-corrected chi connectivity index (χ3v) is 4.05. The fourth-order valence-electron chi connectivity index (χ4n) is 2.97. The molecular formula is C19H20N2. The van der Waals surface area contributed by atoms with Gasteiger partial charge in [0.05, 0.1) is 5.52 Å². The van der Waals surface area contributed by atoms with E-state index in [0.29, 0.717) is 0 Å². The van der Waals surface area contributed by atoms with Gasteiger partial charge in [0.25, 0.3) is 0 Å². The SMILES string of the molecule is C=CC(N)n1c(C)c(Cc2ccccc2)c2ccccc21. The summed E-state index contributed by atoms with van der Waals surface area (Å²) < 4.78 is 2.17. The van der Waals surface area contributed by atoms with Gasteiger partial charge in [0, 0.05) is 11.1 Å². The second kappa shape index (κ2) is 5.58. The molecule has 0 bridgehead atoms. The first-order valence-electron chi connectivity index (χ1n) is 7.23. The summed E-state index contributed by atoms with van der Waals surface area (Å²) in [6, 6.07) is 19.0. The van der Waals surface area contributed by atoms with Crippen molar-refractivity contribution < 1.29 is 0 Å². The van der Waals surface area contributed by atoms with Crippen LogP contribution in [0.3, 0.4) is 0 Å². The lowest BCUT2D eigenvalue weighted by atomic mass is 10.0. The summed E-state index contributed by atoms with van der Waals surface area (Å²) in [5.74, 6) is 0. The zero-order valence-corrected chi connectivity index (χ0v) is 12.3. The maximum Gasteiger partial charge on any atom is 0.100 e. The first kappa shape index (κ1) is 13.7. The molecule has 1 aromatic heterocycles. The maximum atomic E-state index is 6.21. The van der Waals surface area contributed by atoms with Gasteiger partial charge in [-0.15, -0.1) is 0 Å². The largest absolute Gasteiger partial charge is 0.325 e. The molecule has 2 heteroatoms. The highest BCUT2D eigenvalue weighted by Crippen LogP contribution is 2.29. The third kappa shape index (κ3) is 2.39. The summed E-state index contributed by atoms with van der Waals surface area (Å²) in [6.45, 7) is 5.97. The fraction of sp³-hybridized carbons (Fsp3) is 0.158. The minimum absolute atomic E-state index is 0.195. The number of rotatable bonds is 4. The van der Waals surface area contributed by atoms with Gasteiger partial charge in [0.15, 0.2) is 0 Å². The molecule has 106 valence electrons. The molecule has 0 spiro atoms. The van der Waals surface area contributed by atoms with Crippen LogP contribution in [0, 0.1) is 6.92 Å². The monoisotopic (exact) mass is 276 g/mol.